The van der Waals surface area contributed by atoms with Gasteiger partial charge in [-0.05, 0) is 11.1 Å². The number of nitrogens with one attached hydrogen (secondary N) is 1. The monoisotopic (exact) mass is 377 g/mol. The lowest BCUT2D eigenvalue weighted by molar-refractivity contribution is -0.151. The molecule has 4 N–H and O–H groups in total. The van der Waals surface area contributed by atoms with Crippen LogP contribution in [0, 0.1) is 0 Å². The van der Waals surface area contributed by atoms with E-state index in [1.54, 1.807) is 0 Å². The lowest BCUT2D eigenvalue weighted by Crippen LogP contribution is -2.70. The van der Waals surface area contributed by atoms with E-state index in [2.05, 4.69) is 5.32 Å². The predicted octanol–water partition coefficient (Wildman–Crippen LogP) is 0.0303. The van der Waals surface area contributed by atoms with Gasteiger partial charge in [0, 0.05) is 6.54 Å². The Balaban J connectivity index is 1.65. The van der Waals surface area contributed by atoms with E-state index in [4.69, 9.17) is 10.5 Å². The van der Waals surface area contributed by atoms with Crippen LogP contribution in [0.25, 0.3) is 0 Å². The predicted molar refractivity (Wildman–Crippen MR) is 94.7 cm³/mol. The van der Waals surface area contributed by atoms with Gasteiger partial charge in [-0.25, -0.2) is 4.79 Å². The molecule has 1 fully saturated rings. The highest BCUT2D eigenvalue weighted by Crippen LogP contribution is 2.40. The summed E-state index contributed by atoms with van der Waals surface area (Å²) in [5.41, 5.74) is 7.18. The number of carboxylic acid groups (broad SMARTS) is 1. The van der Waals surface area contributed by atoms with Crippen molar-refractivity contribution in [1.82, 2.24) is 10.2 Å². The molecule has 2 aliphatic heterocycles. The molecule has 1 aromatic carbocycles. The Morgan fingerprint density at radius 3 is 2.58 bits per heavy atom. The molecule has 0 spiro atoms. The van der Waals surface area contributed by atoms with Gasteiger partial charge in [0.1, 0.15) is 17.2 Å². The Labute approximate surface area is 154 Å². The number of thioether (sulfide) groups is 1. The number of rotatable bonds is 6. The number of carboxylic acids is 1. The summed E-state index contributed by atoms with van der Waals surface area (Å²) in [5, 5.41) is 11.6. The molecule has 2 atom stereocenters. The Hall–Kier alpha value is -2.52. The third kappa shape index (κ3) is 3.27. The summed E-state index contributed by atoms with van der Waals surface area (Å²) in [6.07, 6.45) is 0.136. The van der Waals surface area contributed by atoms with E-state index in [0.717, 1.165) is 11.1 Å². The topological polar surface area (TPSA) is 122 Å². The van der Waals surface area contributed by atoms with Crippen molar-refractivity contribution in [2.75, 3.05) is 12.9 Å². The van der Waals surface area contributed by atoms with Crippen molar-refractivity contribution in [3.05, 3.63) is 46.8 Å². The molecule has 2 aliphatic rings. The molecule has 0 saturated carbocycles. The third-order valence-electron chi connectivity index (χ3n) is 4.32. The van der Waals surface area contributed by atoms with E-state index in [9.17, 15) is 19.5 Å². The van der Waals surface area contributed by atoms with E-state index in [0.29, 0.717) is 12.3 Å². The highest BCUT2D eigenvalue weighted by molar-refractivity contribution is 8.00. The van der Waals surface area contributed by atoms with Crippen molar-refractivity contribution in [3.63, 3.8) is 0 Å². The highest BCUT2D eigenvalue weighted by atomic mass is 32.2. The van der Waals surface area contributed by atoms with Gasteiger partial charge in [-0.15, -0.1) is 11.8 Å². The van der Waals surface area contributed by atoms with Crippen molar-refractivity contribution < 1.29 is 24.2 Å². The van der Waals surface area contributed by atoms with E-state index in [1.807, 2.05) is 24.3 Å². The summed E-state index contributed by atoms with van der Waals surface area (Å²) in [4.78, 5) is 37.3. The minimum atomic E-state index is -1.22. The number of methoxy groups -OCH3 is 1. The van der Waals surface area contributed by atoms with Gasteiger partial charge in [0.15, 0.2) is 5.70 Å². The molecular weight excluding hydrogens is 358 g/mol. The standard InChI is InChI=1S/C17H19N3O5S/c1-25-11-8-26-16-13(15(22)20(16)14(11)17(23)24)19-12(21)6-9-2-4-10(7-18)5-3-9/h2-5,13,16H,6-8,18H2,1H3,(H,19,21)(H,23,24)/t13?,16-/m1/s1. The molecule has 2 heterocycles. The van der Waals surface area contributed by atoms with Crippen LogP contribution in [-0.4, -0.2) is 52.1 Å². The molecule has 0 bridgehead atoms. The molecule has 9 heteroatoms. The summed E-state index contributed by atoms with van der Waals surface area (Å²) in [7, 11) is 1.37. The van der Waals surface area contributed by atoms with Crippen LogP contribution in [0.5, 0.6) is 0 Å². The number of β-lactam (4-membered cyclic amide) rings is 1. The number of amides is 2. The molecule has 3 rings (SSSR count). The first kappa shape index (κ1) is 18.3. The van der Waals surface area contributed by atoms with Gasteiger partial charge in [0.25, 0.3) is 5.91 Å². The average molecular weight is 377 g/mol. The normalized spacial score (nSPS) is 21.8. The Bertz CT molecular complexity index is 777. The fourth-order valence-corrected chi connectivity index (χ4v) is 4.26. The number of carbonyl (C=O) groups is 3. The molecule has 1 unspecified atom stereocenters. The van der Waals surface area contributed by atoms with Crippen molar-refractivity contribution in [2.24, 2.45) is 5.73 Å². The SMILES string of the molecule is COC1=C(C(=O)O)N2C(=O)C(NC(=O)Cc3ccc(CN)cc3)[C@H]2SC1. The summed E-state index contributed by atoms with van der Waals surface area (Å²) in [6, 6.07) is 6.62. The quantitative estimate of drug-likeness (QED) is 0.598. The van der Waals surface area contributed by atoms with Crippen molar-refractivity contribution >= 4 is 29.5 Å². The number of carbonyl (C=O) groups excluding carboxylic acids is 2. The highest BCUT2D eigenvalue weighted by Gasteiger charge is 2.54. The smallest absolute Gasteiger partial charge is 0.356 e. The molecule has 8 nitrogen and oxygen atoms in total. The summed E-state index contributed by atoms with van der Waals surface area (Å²) in [5.74, 6) is -1.37. The number of nitrogens with two attached hydrogens (primary N) is 1. The van der Waals surface area contributed by atoms with Gasteiger partial charge in [-0.3, -0.25) is 14.5 Å². The largest absolute Gasteiger partial charge is 0.498 e. The van der Waals surface area contributed by atoms with Gasteiger partial charge in [-0.2, -0.15) is 0 Å². The molecule has 1 saturated heterocycles. The van der Waals surface area contributed by atoms with Crippen molar-refractivity contribution in [3.8, 4) is 0 Å². The number of hydrogen-bond acceptors (Lipinski definition) is 6. The lowest BCUT2D eigenvalue weighted by atomic mass is 10.0. The molecule has 138 valence electrons. The third-order valence-corrected chi connectivity index (χ3v) is 5.58. The van der Waals surface area contributed by atoms with Crippen LogP contribution in [0.2, 0.25) is 0 Å². The number of aliphatic carboxylic acids is 1. The number of fused-ring (bicyclic) bond motifs is 1. The zero-order chi connectivity index (χ0) is 18.8. The maximum absolute atomic E-state index is 12.4. The fraction of sp³-hybridized carbons (Fsp3) is 0.353. The van der Waals surface area contributed by atoms with Crippen LogP contribution in [0.1, 0.15) is 11.1 Å². The first-order valence-electron chi connectivity index (χ1n) is 7.98. The molecule has 0 aromatic heterocycles. The van der Waals surface area contributed by atoms with Crippen LogP contribution in [0.15, 0.2) is 35.7 Å². The van der Waals surface area contributed by atoms with Gasteiger partial charge in [0.05, 0.1) is 19.3 Å². The minimum Gasteiger partial charge on any atom is -0.498 e. The van der Waals surface area contributed by atoms with E-state index in [-0.39, 0.29) is 23.8 Å². The van der Waals surface area contributed by atoms with Crippen LogP contribution in [0.3, 0.4) is 0 Å². The summed E-state index contributed by atoms with van der Waals surface area (Å²) >= 11 is 1.36. The van der Waals surface area contributed by atoms with Gasteiger partial charge < -0.3 is 20.9 Å². The molecular formula is C17H19N3O5S. The zero-order valence-electron chi connectivity index (χ0n) is 14.1. The number of nitrogens with zero attached hydrogens (tertiary/aromatic N) is 1. The first-order chi connectivity index (χ1) is 12.5. The zero-order valence-corrected chi connectivity index (χ0v) is 14.9. The number of hydrogen-bond donors (Lipinski definition) is 3. The lowest BCUT2D eigenvalue weighted by Gasteiger charge is -2.48. The van der Waals surface area contributed by atoms with Crippen molar-refractivity contribution in [1.29, 1.82) is 0 Å². The maximum Gasteiger partial charge on any atom is 0.356 e. The first-order valence-corrected chi connectivity index (χ1v) is 9.03. The molecule has 1 aromatic rings. The van der Waals surface area contributed by atoms with E-state index < -0.39 is 23.3 Å². The van der Waals surface area contributed by atoms with Crippen LogP contribution >= 0.6 is 11.8 Å². The number of benzene rings is 1. The molecule has 0 aliphatic carbocycles. The summed E-state index contributed by atoms with van der Waals surface area (Å²) < 4.78 is 5.07. The van der Waals surface area contributed by atoms with Crippen LogP contribution < -0.4 is 11.1 Å². The van der Waals surface area contributed by atoms with Crippen molar-refractivity contribution in [2.45, 2.75) is 24.4 Å². The maximum atomic E-state index is 12.4. The number of ether oxygens (including phenoxy) is 1. The van der Waals surface area contributed by atoms with Gasteiger partial charge >= 0.3 is 5.97 Å². The van der Waals surface area contributed by atoms with E-state index in [1.165, 1.54) is 23.8 Å². The van der Waals surface area contributed by atoms with E-state index >= 15 is 0 Å². The molecule has 0 radical (unpaired) electrons. The van der Waals surface area contributed by atoms with Crippen LogP contribution in [-0.2, 0) is 32.1 Å². The van der Waals surface area contributed by atoms with Crippen LogP contribution in [0.4, 0.5) is 0 Å². The summed E-state index contributed by atoms with van der Waals surface area (Å²) in [6.45, 7) is 0.431. The Morgan fingerprint density at radius 2 is 2.00 bits per heavy atom. The molecule has 2 amide bonds. The second-order valence-corrected chi connectivity index (χ2v) is 7.04. The second kappa shape index (κ2) is 7.38. The molecule has 26 heavy (non-hydrogen) atoms. The second-order valence-electron chi connectivity index (χ2n) is 5.93. The average Bonchev–Trinajstić information content (AvgIpc) is 2.65. The fourth-order valence-electron chi connectivity index (χ4n) is 2.95. The Kier molecular flexibility index (Phi) is 5.19. The Morgan fingerprint density at radius 1 is 1.35 bits per heavy atom. The minimum absolute atomic E-state index is 0.136. The van der Waals surface area contributed by atoms with Gasteiger partial charge in [0.2, 0.25) is 5.91 Å². The van der Waals surface area contributed by atoms with Gasteiger partial charge in [-0.1, -0.05) is 24.3 Å².